The van der Waals surface area contributed by atoms with E-state index < -0.39 is 7.14 Å². The molecular formula is C40H26N3OP. The van der Waals surface area contributed by atoms with E-state index in [1.54, 1.807) is 0 Å². The molecule has 0 unspecified atom stereocenters. The van der Waals surface area contributed by atoms with E-state index in [0.29, 0.717) is 0 Å². The molecule has 0 aliphatic rings. The van der Waals surface area contributed by atoms with Crippen LogP contribution in [0.1, 0.15) is 0 Å². The van der Waals surface area contributed by atoms with Gasteiger partial charge in [0.25, 0.3) is 0 Å². The number of fused-ring (bicyclic) bond motifs is 9. The number of aromatic nitrogens is 3. The lowest BCUT2D eigenvalue weighted by Crippen LogP contribution is -2.24. The summed E-state index contributed by atoms with van der Waals surface area (Å²) in [7, 11) is -3.07. The van der Waals surface area contributed by atoms with Crippen LogP contribution in [0.2, 0.25) is 0 Å². The molecule has 0 atom stereocenters. The van der Waals surface area contributed by atoms with Crippen molar-refractivity contribution in [2.75, 3.05) is 0 Å². The number of nitrogens with zero attached hydrogens (tertiary/aromatic N) is 3. The normalized spacial score (nSPS) is 12.1. The Kier molecular flexibility index (Phi) is 5.74. The van der Waals surface area contributed by atoms with Crippen LogP contribution in [-0.4, -0.2) is 14.4 Å². The van der Waals surface area contributed by atoms with Crippen molar-refractivity contribution < 1.29 is 4.57 Å². The molecule has 5 heteroatoms. The second kappa shape index (κ2) is 9.99. The maximum absolute atomic E-state index is 14.9. The van der Waals surface area contributed by atoms with Gasteiger partial charge < -0.3 is 4.57 Å². The summed E-state index contributed by atoms with van der Waals surface area (Å²) < 4.78 is 17.2. The Morgan fingerprint density at radius 1 is 0.467 bits per heavy atom. The van der Waals surface area contributed by atoms with Crippen LogP contribution in [0.5, 0.6) is 0 Å². The van der Waals surface area contributed by atoms with Crippen LogP contribution in [0.15, 0.2) is 158 Å². The molecule has 0 amide bonds. The monoisotopic (exact) mass is 595 g/mol. The molecule has 0 aliphatic heterocycles. The van der Waals surface area contributed by atoms with E-state index in [4.69, 9.17) is 9.97 Å². The molecule has 9 rings (SSSR count). The highest BCUT2D eigenvalue weighted by Crippen LogP contribution is 2.43. The number of para-hydroxylation sites is 1. The van der Waals surface area contributed by atoms with E-state index in [1.165, 1.54) is 10.8 Å². The van der Waals surface area contributed by atoms with Crippen molar-refractivity contribution >= 4 is 72.3 Å². The fourth-order valence-electron chi connectivity index (χ4n) is 6.67. The van der Waals surface area contributed by atoms with Crippen molar-refractivity contribution in [2.24, 2.45) is 0 Å². The predicted molar refractivity (Wildman–Crippen MR) is 188 cm³/mol. The van der Waals surface area contributed by atoms with Gasteiger partial charge in [-0.25, -0.2) is 9.97 Å². The van der Waals surface area contributed by atoms with Crippen LogP contribution in [0.4, 0.5) is 0 Å². The third-order valence-electron chi connectivity index (χ3n) is 8.83. The van der Waals surface area contributed by atoms with Crippen LogP contribution in [0.25, 0.3) is 60.5 Å². The molecule has 9 aromatic rings. The Labute approximate surface area is 259 Å². The number of hydrogen-bond donors (Lipinski definition) is 0. The molecule has 0 saturated heterocycles. The molecule has 6 aromatic carbocycles. The van der Waals surface area contributed by atoms with Gasteiger partial charge in [0.1, 0.15) is 5.65 Å². The number of imidazole rings is 1. The summed E-state index contributed by atoms with van der Waals surface area (Å²) in [4.78, 5) is 10.2. The Morgan fingerprint density at radius 2 is 1.13 bits per heavy atom. The second-order valence-corrected chi connectivity index (χ2v) is 14.2. The molecule has 3 heterocycles. The summed E-state index contributed by atoms with van der Waals surface area (Å²) in [6.07, 6.45) is 0. The Bertz CT molecular complexity index is 2580. The average molecular weight is 596 g/mol. The summed E-state index contributed by atoms with van der Waals surface area (Å²) in [5, 5.41) is 6.95. The first kappa shape index (κ1) is 25.9. The van der Waals surface area contributed by atoms with Gasteiger partial charge in [-0.15, -0.1) is 0 Å². The summed E-state index contributed by atoms with van der Waals surface area (Å²) in [5.74, 6) is 0. The van der Waals surface area contributed by atoms with Crippen molar-refractivity contribution in [3.63, 3.8) is 0 Å². The molecule has 4 nitrogen and oxygen atoms in total. The van der Waals surface area contributed by atoms with E-state index >= 15 is 0 Å². The van der Waals surface area contributed by atoms with Gasteiger partial charge in [-0.3, -0.25) is 4.40 Å². The quantitative estimate of drug-likeness (QED) is 0.151. The molecule has 0 bridgehead atoms. The van der Waals surface area contributed by atoms with E-state index in [1.807, 2.05) is 84.9 Å². The summed E-state index contributed by atoms with van der Waals surface area (Å²) in [6, 6.07) is 53.1. The predicted octanol–water partition coefficient (Wildman–Crippen LogP) is 8.65. The number of hydrogen-bond acceptors (Lipinski definition) is 3. The number of benzene rings is 6. The highest BCUT2D eigenvalue weighted by molar-refractivity contribution is 7.85. The van der Waals surface area contributed by atoms with Crippen molar-refractivity contribution in [2.45, 2.75) is 0 Å². The highest BCUT2D eigenvalue weighted by atomic mass is 31.2. The van der Waals surface area contributed by atoms with Gasteiger partial charge in [-0.1, -0.05) is 115 Å². The SMILES string of the molecule is O=P(c1ccccc1)(c1ccccc1)c1ccc2nc(-c3ccc4c(c3)nc3c5ccccc5c5ccccc5n43)ccc2c1. The highest BCUT2D eigenvalue weighted by Gasteiger charge is 2.29. The summed E-state index contributed by atoms with van der Waals surface area (Å²) >= 11 is 0. The second-order valence-electron chi connectivity index (χ2n) is 11.4. The van der Waals surface area contributed by atoms with Crippen molar-refractivity contribution in [1.82, 2.24) is 14.4 Å². The number of pyridine rings is 2. The van der Waals surface area contributed by atoms with E-state index in [0.717, 1.165) is 65.7 Å². The van der Waals surface area contributed by atoms with Crippen molar-refractivity contribution in [3.05, 3.63) is 158 Å². The Balaban J connectivity index is 1.17. The van der Waals surface area contributed by atoms with Crippen LogP contribution in [0.3, 0.4) is 0 Å². The van der Waals surface area contributed by atoms with Gasteiger partial charge in [0, 0.05) is 37.6 Å². The molecule has 45 heavy (non-hydrogen) atoms. The van der Waals surface area contributed by atoms with Crippen molar-refractivity contribution in [1.29, 1.82) is 0 Å². The molecule has 0 aliphatic carbocycles. The van der Waals surface area contributed by atoms with Crippen LogP contribution < -0.4 is 15.9 Å². The maximum atomic E-state index is 14.9. The van der Waals surface area contributed by atoms with Gasteiger partial charge in [0.15, 0.2) is 7.14 Å². The van der Waals surface area contributed by atoms with Crippen LogP contribution in [0, 0.1) is 0 Å². The molecule has 0 fully saturated rings. The topological polar surface area (TPSA) is 47.3 Å². The molecule has 212 valence electrons. The third-order valence-corrected chi connectivity index (χ3v) is 11.9. The van der Waals surface area contributed by atoms with Gasteiger partial charge in [-0.05, 0) is 47.9 Å². The first-order chi connectivity index (χ1) is 22.2. The summed E-state index contributed by atoms with van der Waals surface area (Å²) in [6.45, 7) is 0. The smallest absolute Gasteiger partial charge is 0.171 e. The van der Waals surface area contributed by atoms with E-state index in [2.05, 4.69) is 77.2 Å². The standard InChI is InChI=1S/C40H26N3OP/c44-45(29-11-3-1-4-12-29,30-13-5-2-6-14-30)31-21-23-36-27(25-31)19-22-35(41-36)28-20-24-39-37(26-28)42-40-34-17-8-7-15-32(34)33-16-9-10-18-38(33)43(39)40/h1-26H. The van der Waals surface area contributed by atoms with Crippen LogP contribution >= 0.6 is 7.14 Å². The fourth-order valence-corrected chi connectivity index (χ4v) is 9.35. The Morgan fingerprint density at radius 3 is 1.89 bits per heavy atom. The van der Waals surface area contributed by atoms with Gasteiger partial charge >= 0.3 is 0 Å². The first-order valence-electron chi connectivity index (χ1n) is 15.0. The zero-order valence-electron chi connectivity index (χ0n) is 24.2. The molecule has 0 saturated carbocycles. The minimum atomic E-state index is -3.07. The van der Waals surface area contributed by atoms with Gasteiger partial charge in [0.2, 0.25) is 0 Å². The molecule has 0 N–H and O–H groups in total. The molecular weight excluding hydrogens is 569 g/mol. The lowest BCUT2D eigenvalue weighted by atomic mass is 10.1. The number of rotatable bonds is 4. The van der Waals surface area contributed by atoms with Gasteiger partial charge in [-0.2, -0.15) is 0 Å². The lowest BCUT2D eigenvalue weighted by Gasteiger charge is -2.20. The molecule has 3 aromatic heterocycles. The average Bonchev–Trinajstić information content (AvgIpc) is 3.51. The zero-order chi connectivity index (χ0) is 30.0. The molecule has 0 radical (unpaired) electrons. The summed E-state index contributed by atoms with van der Waals surface area (Å²) in [5.41, 5.74) is 6.83. The lowest BCUT2D eigenvalue weighted by molar-refractivity contribution is 0.592. The minimum absolute atomic E-state index is 0.799. The molecule has 0 spiro atoms. The maximum Gasteiger partial charge on any atom is 0.171 e. The van der Waals surface area contributed by atoms with Crippen molar-refractivity contribution in [3.8, 4) is 11.3 Å². The largest absolute Gasteiger partial charge is 0.309 e. The van der Waals surface area contributed by atoms with E-state index in [9.17, 15) is 4.57 Å². The van der Waals surface area contributed by atoms with Crippen LogP contribution in [-0.2, 0) is 4.57 Å². The third kappa shape index (κ3) is 3.96. The fraction of sp³-hybridized carbons (Fsp3) is 0. The zero-order valence-corrected chi connectivity index (χ0v) is 25.1. The Hall–Kier alpha value is -5.57. The first-order valence-corrected chi connectivity index (χ1v) is 16.7. The van der Waals surface area contributed by atoms with Gasteiger partial charge in [0.05, 0.1) is 27.8 Å². The van der Waals surface area contributed by atoms with E-state index in [-0.39, 0.29) is 0 Å². The minimum Gasteiger partial charge on any atom is -0.309 e.